The molecule has 0 saturated carbocycles. The van der Waals surface area contributed by atoms with E-state index in [2.05, 4.69) is 10.1 Å². The van der Waals surface area contributed by atoms with Gasteiger partial charge in [-0.3, -0.25) is 0 Å². The molecular weight excluding hydrogens is 288 g/mol. The van der Waals surface area contributed by atoms with Gasteiger partial charge < -0.3 is 15.2 Å². The van der Waals surface area contributed by atoms with Gasteiger partial charge in [0, 0.05) is 23.2 Å². The molecule has 0 aliphatic heterocycles. The molecule has 0 aliphatic carbocycles. The van der Waals surface area contributed by atoms with Gasteiger partial charge in [-0.25, -0.2) is 0 Å². The Morgan fingerprint density at radius 1 is 1.35 bits per heavy atom. The molecular formula is C14H20ClF2NO2. The maximum absolute atomic E-state index is 12.4. The lowest BCUT2D eigenvalue weighted by Gasteiger charge is -2.20. The van der Waals surface area contributed by atoms with E-state index >= 15 is 0 Å². The number of hydrogen-bond donors (Lipinski definition) is 2. The molecule has 6 heteroatoms. The van der Waals surface area contributed by atoms with E-state index in [-0.39, 0.29) is 18.4 Å². The number of alkyl halides is 2. The van der Waals surface area contributed by atoms with Crippen LogP contribution in [0.1, 0.15) is 31.9 Å². The van der Waals surface area contributed by atoms with Gasteiger partial charge in [0.15, 0.2) is 0 Å². The van der Waals surface area contributed by atoms with Crippen molar-refractivity contribution in [3.05, 3.63) is 28.8 Å². The molecule has 0 aromatic heterocycles. The Labute approximate surface area is 122 Å². The van der Waals surface area contributed by atoms with Crippen molar-refractivity contribution in [2.75, 3.05) is 13.2 Å². The van der Waals surface area contributed by atoms with Crippen LogP contribution < -0.4 is 10.1 Å². The Morgan fingerprint density at radius 3 is 2.65 bits per heavy atom. The maximum Gasteiger partial charge on any atom is 0.387 e. The fourth-order valence-electron chi connectivity index (χ4n) is 1.87. The first-order valence-electron chi connectivity index (χ1n) is 6.52. The molecule has 3 nitrogen and oxygen atoms in total. The van der Waals surface area contributed by atoms with E-state index in [9.17, 15) is 8.78 Å². The van der Waals surface area contributed by atoms with Crippen LogP contribution in [-0.2, 0) is 0 Å². The number of ether oxygens (including phenoxy) is 1. The van der Waals surface area contributed by atoms with Crippen molar-refractivity contribution in [1.82, 2.24) is 5.32 Å². The summed E-state index contributed by atoms with van der Waals surface area (Å²) in [6.45, 7) is 1.80. The second kappa shape index (κ2) is 8.39. The molecule has 0 fully saturated rings. The summed E-state index contributed by atoms with van der Waals surface area (Å²) in [5.74, 6) is 0.417. The minimum absolute atomic E-state index is 0.124. The zero-order valence-electron chi connectivity index (χ0n) is 11.6. The molecule has 0 amide bonds. The van der Waals surface area contributed by atoms with Gasteiger partial charge in [-0.05, 0) is 44.0 Å². The first-order chi connectivity index (χ1) is 9.43. The van der Waals surface area contributed by atoms with Crippen LogP contribution in [0.4, 0.5) is 8.78 Å². The third kappa shape index (κ3) is 5.61. The summed E-state index contributed by atoms with van der Waals surface area (Å²) in [5.41, 5.74) is 0.592. The number of nitrogens with one attached hydrogen (secondary N) is 1. The molecule has 0 saturated heterocycles. The average molecular weight is 308 g/mol. The van der Waals surface area contributed by atoms with Crippen LogP contribution in [0.3, 0.4) is 0 Å². The molecule has 2 unspecified atom stereocenters. The van der Waals surface area contributed by atoms with Crippen molar-refractivity contribution in [2.45, 2.75) is 32.9 Å². The summed E-state index contributed by atoms with van der Waals surface area (Å²) >= 11 is 5.91. The summed E-state index contributed by atoms with van der Waals surface area (Å²) in [6.07, 6.45) is 0.690. The number of benzene rings is 1. The van der Waals surface area contributed by atoms with E-state index in [4.69, 9.17) is 16.7 Å². The van der Waals surface area contributed by atoms with Crippen LogP contribution in [0.15, 0.2) is 18.2 Å². The normalized spacial score (nSPS) is 14.3. The number of hydrogen-bond acceptors (Lipinski definition) is 3. The Hall–Kier alpha value is -0.910. The summed E-state index contributed by atoms with van der Waals surface area (Å²) in [4.78, 5) is 0. The number of rotatable bonds is 8. The summed E-state index contributed by atoms with van der Waals surface area (Å²) in [7, 11) is 0. The van der Waals surface area contributed by atoms with Crippen LogP contribution in [0.25, 0.3) is 0 Å². The summed E-state index contributed by atoms with van der Waals surface area (Å²) in [6, 6.07) is 4.40. The van der Waals surface area contributed by atoms with Crippen molar-refractivity contribution in [3.63, 3.8) is 0 Å². The molecule has 0 spiro atoms. The molecule has 0 aliphatic rings. The largest absolute Gasteiger partial charge is 0.434 e. The van der Waals surface area contributed by atoms with E-state index in [1.807, 2.05) is 13.8 Å². The predicted octanol–water partition coefficient (Wildman–Crippen LogP) is 3.61. The van der Waals surface area contributed by atoms with E-state index < -0.39 is 6.61 Å². The zero-order chi connectivity index (χ0) is 15.1. The van der Waals surface area contributed by atoms with Crippen LogP contribution in [0.5, 0.6) is 5.75 Å². The van der Waals surface area contributed by atoms with Gasteiger partial charge in [0.25, 0.3) is 0 Å². The highest BCUT2D eigenvalue weighted by molar-refractivity contribution is 6.30. The molecule has 20 heavy (non-hydrogen) atoms. The summed E-state index contributed by atoms with van der Waals surface area (Å²) < 4.78 is 29.3. The van der Waals surface area contributed by atoms with Gasteiger partial charge in [0.05, 0.1) is 0 Å². The maximum atomic E-state index is 12.4. The van der Waals surface area contributed by atoms with Gasteiger partial charge in [0.2, 0.25) is 0 Å². The molecule has 0 radical (unpaired) electrons. The SMILES string of the molecule is CC(CCO)CNC(C)c1cc(Cl)ccc1OC(F)F. The molecule has 2 atom stereocenters. The van der Waals surface area contributed by atoms with E-state index in [0.717, 1.165) is 0 Å². The third-order valence-electron chi connectivity index (χ3n) is 3.05. The Bertz CT molecular complexity index is 418. The van der Waals surface area contributed by atoms with Crippen molar-refractivity contribution in [3.8, 4) is 5.75 Å². The molecule has 0 heterocycles. The fourth-order valence-corrected chi connectivity index (χ4v) is 2.05. The predicted molar refractivity (Wildman–Crippen MR) is 75.4 cm³/mol. The highest BCUT2D eigenvalue weighted by Gasteiger charge is 2.16. The average Bonchev–Trinajstić information content (AvgIpc) is 2.38. The Balaban J connectivity index is 2.74. The van der Waals surface area contributed by atoms with E-state index in [1.54, 1.807) is 6.07 Å². The topological polar surface area (TPSA) is 41.5 Å². The standard InChI is InChI=1S/C14H20ClF2NO2/c1-9(5-6-19)8-18-10(2)12-7-11(15)3-4-13(12)20-14(16)17/h3-4,7,9-10,14,18-19H,5-6,8H2,1-2H3. The fraction of sp³-hybridized carbons (Fsp3) is 0.571. The molecule has 1 rings (SSSR count). The molecule has 0 bridgehead atoms. The Morgan fingerprint density at radius 2 is 2.05 bits per heavy atom. The minimum atomic E-state index is -2.87. The van der Waals surface area contributed by atoms with Crippen molar-refractivity contribution >= 4 is 11.6 Å². The lowest BCUT2D eigenvalue weighted by molar-refractivity contribution is -0.0506. The number of halogens is 3. The second-order valence-electron chi connectivity index (χ2n) is 4.81. The van der Waals surface area contributed by atoms with Gasteiger partial charge in [-0.15, -0.1) is 0 Å². The van der Waals surface area contributed by atoms with E-state index in [0.29, 0.717) is 29.5 Å². The van der Waals surface area contributed by atoms with Crippen LogP contribution in [0.2, 0.25) is 5.02 Å². The lowest BCUT2D eigenvalue weighted by Crippen LogP contribution is -2.25. The van der Waals surface area contributed by atoms with Crippen LogP contribution in [-0.4, -0.2) is 24.9 Å². The smallest absolute Gasteiger partial charge is 0.387 e. The third-order valence-corrected chi connectivity index (χ3v) is 3.28. The van der Waals surface area contributed by atoms with Crippen LogP contribution >= 0.6 is 11.6 Å². The first-order valence-corrected chi connectivity index (χ1v) is 6.90. The Kier molecular flexibility index (Phi) is 7.19. The number of aliphatic hydroxyl groups is 1. The van der Waals surface area contributed by atoms with Gasteiger partial charge in [-0.1, -0.05) is 18.5 Å². The molecule has 1 aromatic carbocycles. The molecule has 2 N–H and O–H groups in total. The highest BCUT2D eigenvalue weighted by Crippen LogP contribution is 2.29. The molecule has 1 aromatic rings. The van der Waals surface area contributed by atoms with Gasteiger partial charge in [-0.2, -0.15) is 8.78 Å². The first kappa shape index (κ1) is 17.1. The highest BCUT2D eigenvalue weighted by atomic mass is 35.5. The minimum Gasteiger partial charge on any atom is -0.434 e. The van der Waals surface area contributed by atoms with Gasteiger partial charge >= 0.3 is 6.61 Å². The van der Waals surface area contributed by atoms with Crippen molar-refractivity contribution < 1.29 is 18.6 Å². The number of aliphatic hydroxyl groups excluding tert-OH is 1. The van der Waals surface area contributed by atoms with Crippen molar-refractivity contribution in [2.24, 2.45) is 5.92 Å². The zero-order valence-corrected chi connectivity index (χ0v) is 12.3. The van der Waals surface area contributed by atoms with Gasteiger partial charge in [0.1, 0.15) is 5.75 Å². The van der Waals surface area contributed by atoms with Crippen LogP contribution in [0, 0.1) is 5.92 Å². The second-order valence-corrected chi connectivity index (χ2v) is 5.24. The quantitative estimate of drug-likeness (QED) is 0.771. The molecule has 114 valence electrons. The van der Waals surface area contributed by atoms with Crippen molar-refractivity contribution in [1.29, 1.82) is 0 Å². The summed E-state index contributed by atoms with van der Waals surface area (Å²) in [5, 5.41) is 12.6. The van der Waals surface area contributed by atoms with E-state index in [1.165, 1.54) is 12.1 Å². The lowest BCUT2D eigenvalue weighted by atomic mass is 10.0. The monoisotopic (exact) mass is 307 g/mol.